The highest BCUT2D eigenvalue weighted by molar-refractivity contribution is 6.01. The quantitative estimate of drug-likeness (QED) is 0.779. The summed E-state index contributed by atoms with van der Waals surface area (Å²) in [6.45, 7) is 0. The van der Waals surface area contributed by atoms with Gasteiger partial charge in [-0.1, -0.05) is 37.0 Å². The lowest BCUT2D eigenvalue weighted by atomic mass is 9.68. The predicted molar refractivity (Wildman–Crippen MR) is 92.8 cm³/mol. The van der Waals surface area contributed by atoms with Crippen molar-refractivity contribution in [3.8, 4) is 12.3 Å². The van der Waals surface area contributed by atoms with Gasteiger partial charge in [0, 0.05) is 12.0 Å². The Bertz CT molecular complexity index is 736. The Kier molecular flexibility index (Phi) is 3.09. The zero-order valence-electron chi connectivity index (χ0n) is 13.9. The molecule has 0 aromatic heterocycles. The first-order chi connectivity index (χ1) is 11.0. The minimum Gasteiger partial charge on any atom is -0.299 e. The van der Waals surface area contributed by atoms with Gasteiger partial charge in [0.1, 0.15) is 5.78 Å². The number of carbonyl (C=O) groups excluding carboxylic acids is 1. The van der Waals surface area contributed by atoms with Crippen molar-refractivity contribution in [2.75, 3.05) is 14.1 Å². The smallest absolute Gasteiger partial charge is 0.145 e. The van der Waals surface area contributed by atoms with Crippen molar-refractivity contribution in [2.24, 2.45) is 11.3 Å². The summed E-state index contributed by atoms with van der Waals surface area (Å²) in [5, 5.41) is 0. The van der Waals surface area contributed by atoms with Crippen molar-refractivity contribution in [1.82, 2.24) is 4.90 Å². The average molecular weight is 305 g/mol. The number of benzene rings is 1. The molecule has 0 amide bonds. The molecule has 1 aromatic carbocycles. The van der Waals surface area contributed by atoms with Crippen LogP contribution in [0.15, 0.2) is 30.3 Å². The zero-order chi connectivity index (χ0) is 16.2. The number of hydrogen-bond acceptors (Lipinski definition) is 2. The van der Waals surface area contributed by atoms with Crippen LogP contribution < -0.4 is 0 Å². The maximum atomic E-state index is 12.9. The lowest BCUT2D eigenvalue weighted by molar-refractivity contribution is -0.125. The molecule has 0 unspecified atom stereocenters. The van der Waals surface area contributed by atoms with Crippen molar-refractivity contribution in [3.63, 3.8) is 0 Å². The third-order valence-electron chi connectivity index (χ3n) is 6.51. The van der Waals surface area contributed by atoms with Crippen molar-refractivity contribution in [3.05, 3.63) is 41.5 Å². The Hall–Kier alpha value is -1.85. The summed E-state index contributed by atoms with van der Waals surface area (Å²) >= 11 is 0. The van der Waals surface area contributed by atoms with E-state index in [-0.39, 0.29) is 11.0 Å². The Morgan fingerprint density at radius 2 is 1.96 bits per heavy atom. The van der Waals surface area contributed by atoms with Gasteiger partial charge in [0.25, 0.3) is 0 Å². The highest BCUT2D eigenvalue weighted by atomic mass is 16.1. The van der Waals surface area contributed by atoms with Crippen LogP contribution in [-0.4, -0.2) is 30.3 Å². The minimum absolute atomic E-state index is 0.130. The van der Waals surface area contributed by atoms with E-state index in [0.29, 0.717) is 18.1 Å². The maximum absolute atomic E-state index is 12.9. The van der Waals surface area contributed by atoms with Crippen LogP contribution >= 0.6 is 0 Å². The van der Waals surface area contributed by atoms with E-state index in [1.54, 1.807) is 0 Å². The van der Waals surface area contributed by atoms with E-state index in [1.165, 1.54) is 24.0 Å². The van der Waals surface area contributed by atoms with E-state index < -0.39 is 0 Å². The van der Waals surface area contributed by atoms with Gasteiger partial charge in [0.2, 0.25) is 0 Å². The number of Topliss-reactive ketones (excluding diaryl/α,β-unsaturated/α-hetero) is 1. The predicted octanol–water partition coefficient (Wildman–Crippen LogP) is 3.51. The van der Waals surface area contributed by atoms with Crippen molar-refractivity contribution >= 4 is 11.4 Å². The summed E-state index contributed by atoms with van der Waals surface area (Å²) in [5.74, 6) is 3.58. The van der Waals surface area contributed by atoms with Gasteiger partial charge in [-0.25, -0.2) is 0 Å². The molecule has 3 aliphatic rings. The molecule has 3 atom stereocenters. The molecule has 0 spiro atoms. The molecule has 1 aromatic rings. The first-order valence-electron chi connectivity index (χ1n) is 8.56. The van der Waals surface area contributed by atoms with Crippen LogP contribution in [0.4, 0.5) is 0 Å². The molecule has 4 rings (SSSR count). The summed E-state index contributed by atoms with van der Waals surface area (Å²) in [4.78, 5) is 15.2. The number of terminal acetylenes is 1. The van der Waals surface area contributed by atoms with Crippen molar-refractivity contribution < 1.29 is 4.79 Å². The fourth-order valence-corrected chi connectivity index (χ4v) is 5.44. The molecule has 23 heavy (non-hydrogen) atoms. The molecule has 0 aliphatic heterocycles. The summed E-state index contributed by atoms with van der Waals surface area (Å²) in [7, 11) is 4.26. The largest absolute Gasteiger partial charge is 0.299 e. The van der Waals surface area contributed by atoms with E-state index in [1.807, 2.05) is 12.1 Å². The maximum Gasteiger partial charge on any atom is 0.145 e. The third-order valence-corrected chi connectivity index (χ3v) is 6.51. The number of allylic oxidation sites excluding steroid dienone is 1. The average Bonchev–Trinajstić information content (AvgIpc) is 3.01. The molecule has 0 N–H and O–H groups in total. The molecular formula is C21H23NO. The summed E-state index contributed by atoms with van der Waals surface area (Å²) in [6, 6.07) is 8.27. The number of hydrogen-bond donors (Lipinski definition) is 0. The second-order valence-corrected chi connectivity index (χ2v) is 7.54. The Morgan fingerprint density at radius 3 is 2.61 bits per heavy atom. The standard InChI is InChI=1S/C21H23NO/c1-4-15-8-10-16(11-9-15)17-13-20-12-6-5-7-18(20)21(17,22(2)3)14-19(20)23/h1,8-11,13,18H,5-7,12,14H2,2-3H3/t18-,20-,21-/m0/s1. The zero-order valence-corrected chi connectivity index (χ0v) is 13.9. The van der Waals surface area contributed by atoms with Gasteiger partial charge >= 0.3 is 0 Å². The van der Waals surface area contributed by atoms with Gasteiger partial charge in [-0.15, -0.1) is 6.42 Å². The van der Waals surface area contributed by atoms with Crippen LogP contribution in [0.5, 0.6) is 0 Å². The van der Waals surface area contributed by atoms with Gasteiger partial charge in [-0.2, -0.15) is 0 Å². The molecule has 0 radical (unpaired) electrons. The highest BCUT2D eigenvalue weighted by Crippen LogP contribution is 2.66. The normalized spacial score (nSPS) is 35.1. The molecular weight excluding hydrogens is 282 g/mol. The van der Waals surface area contributed by atoms with E-state index in [2.05, 4.69) is 43.1 Å². The fourth-order valence-electron chi connectivity index (χ4n) is 5.44. The molecule has 2 heteroatoms. The molecule has 2 saturated carbocycles. The van der Waals surface area contributed by atoms with Crippen LogP contribution in [-0.2, 0) is 4.79 Å². The topological polar surface area (TPSA) is 20.3 Å². The SMILES string of the molecule is C#Cc1ccc(C2=C[C@@]34CCCC[C@@H]3[C@]2(N(C)C)CC4=O)cc1. The molecule has 0 saturated heterocycles. The first kappa shape index (κ1) is 14.7. The molecule has 2 nitrogen and oxygen atoms in total. The van der Waals surface area contributed by atoms with Crippen molar-refractivity contribution in [1.29, 1.82) is 0 Å². The summed E-state index contributed by atoms with van der Waals surface area (Å²) < 4.78 is 0. The Morgan fingerprint density at radius 1 is 1.22 bits per heavy atom. The fraction of sp³-hybridized carbons (Fsp3) is 0.476. The van der Waals surface area contributed by atoms with Crippen LogP contribution in [0.25, 0.3) is 5.57 Å². The van der Waals surface area contributed by atoms with E-state index >= 15 is 0 Å². The molecule has 0 heterocycles. The van der Waals surface area contributed by atoms with Gasteiger partial charge in [0.05, 0.1) is 11.0 Å². The highest BCUT2D eigenvalue weighted by Gasteiger charge is 2.68. The van der Waals surface area contributed by atoms with Crippen LogP contribution in [0.3, 0.4) is 0 Å². The number of nitrogens with zero attached hydrogens (tertiary/aromatic N) is 1. The number of carbonyl (C=O) groups is 1. The van der Waals surface area contributed by atoms with E-state index in [0.717, 1.165) is 18.4 Å². The second kappa shape index (κ2) is 4.82. The lowest BCUT2D eigenvalue weighted by Gasteiger charge is -2.43. The number of ketones is 1. The van der Waals surface area contributed by atoms with Gasteiger partial charge in [-0.3, -0.25) is 9.69 Å². The third kappa shape index (κ3) is 1.72. The van der Waals surface area contributed by atoms with Gasteiger partial charge in [0.15, 0.2) is 0 Å². The molecule has 2 bridgehead atoms. The van der Waals surface area contributed by atoms with Crippen molar-refractivity contribution in [2.45, 2.75) is 37.6 Å². The van der Waals surface area contributed by atoms with Crippen LogP contribution in [0.1, 0.15) is 43.2 Å². The Labute approximate surface area is 138 Å². The van der Waals surface area contributed by atoms with E-state index in [9.17, 15) is 4.79 Å². The monoisotopic (exact) mass is 305 g/mol. The second-order valence-electron chi connectivity index (χ2n) is 7.54. The van der Waals surface area contributed by atoms with E-state index in [4.69, 9.17) is 6.42 Å². The molecule has 3 aliphatic carbocycles. The lowest BCUT2D eigenvalue weighted by Crippen LogP contribution is -2.48. The first-order valence-corrected chi connectivity index (χ1v) is 8.56. The molecule has 2 fully saturated rings. The van der Waals surface area contributed by atoms with Gasteiger partial charge in [-0.05, 0) is 56.1 Å². The summed E-state index contributed by atoms with van der Waals surface area (Å²) in [6.07, 6.45) is 13.1. The number of rotatable bonds is 2. The van der Waals surface area contributed by atoms with Crippen LogP contribution in [0, 0.1) is 23.7 Å². The molecule has 118 valence electrons. The number of likely N-dealkylation sites (N-methyl/N-ethyl adjacent to an activating group) is 1. The van der Waals surface area contributed by atoms with Crippen LogP contribution in [0.2, 0.25) is 0 Å². The summed E-state index contributed by atoms with van der Waals surface area (Å²) in [5.41, 5.74) is 3.14. The Balaban J connectivity index is 1.88. The minimum atomic E-state index is -0.206. The van der Waals surface area contributed by atoms with Gasteiger partial charge < -0.3 is 0 Å².